The molecule has 0 spiro atoms. The predicted octanol–water partition coefficient (Wildman–Crippen LogP) is 3.80. The molecule has 0 amide bonds. The molecule has 3 aromatic rings. The van der Waals surface area contributed by atoms with Crippen molar-refractivity contribution >= 4 is 34.4 Å². The van der Waals surface area contributed by atoms with Gasteiger partial charge in [-0.1, -0.05) is 23.7 Å². The van der Waals surface area contributed by atoms with Crippen LogP contribution in [0.3, 0.4) is 0 Å². The van der Waals surface area contributed by atoms with Crippen molar-refractivity contribution in [1.82, 2.24) is 10.3 Å². The van der Waals surface area contributed by atoms with Crippen molar-refractivity contribution in [1.29, 1.82) is 0 Å². The third-order valence-corrected chi connectivity index (χ3v) is 5.31. The lowest BCUT2D eigenvalue weighted by Crippen LogP contribution is -2.32. The van der Waals surface area contributed by atoms with E-state index in [1.165, 1.54) is 5.56 Å². The number of benzene rings is 2. The number of aromatic amines is 1. The molecule has 1 aromatic heterocycles. The number of ether oxygens (including phenoxy) is 2. The zero-order chi connectivity index (χ0) is 26.0. The number of nitrogens with one attached hydrogen (secondary N) is 2. The molecule has 2 unspecified atom stereocenters. The summed E-state index contributed by atoms with van der Waals surface area (Å²) in [5.41, 5.74) is 2.92. The molecule has 0 fully saturated rings. The van der Waals surface area contributed by atoms with Crippen molar-refractivity contribution in [3.63, 3.8) is 0 Å². The van der Waals surface area contributed by atoms with Gasteiger partial charge in [0, 0.05) is 41.3 Å². The fourth-order valence-corrected chi connectivity index (χ4v) is 3.63. The van der Waals surface area contributed by atoms with Gasteiger partial charge in [-0.2, -0.15) is 0 Å². The number of carboxylic acids is 2. The largest absolute Gasteiger partial charge is 0.493 e. The smallest absolute Gasteiger partial charge is 0.328 e. The summed E-state index contributed by atoms with van der Waals surface area (Å²) >= 11 is 5.99. The van der Waals surface area contributed by atoms with E-state index in [9.17, 15) is 14.7 Å². The highest BCUT2D eigenvalue weighted by Crippen LogP contribution is 2.36. The van der Waals surface area contributed by atoms with Crippen LogP contribution in [0.25, 0.3) is 10.9 Å². The van der Waals surface area contributed by atoms with E-state index in [2.05, 4.69) is 17.2 Å². The van der Waals surface area contributed by atoms with E-state index in [4.69, 9.17) is 31.3 Å². The number of methoxy groups -OCH3 is 2. The quantitative estimate of drug-likeness (QED) is 0.262. The van der Waals surface area contributed by atoms with Gasteiger partial charge >= 0.3 is 11.9 Å². The third kappa shape index (κ3) is 8.32. The van der Waals surface area contributed by atoms with E-state index in [0.29, 0.717) is 35.2 Å². The van der Waals surface area contributed by atoms with Crippen LogP contribution in [0.4, 0.5) is 0 Å². The predicted molar refractivity (Wildman–Crippen MR) is 133 cm³/mol. The Bertz CT molecular complexity index is 1160. The summed E-state index contributed by atoms with van der Waals surface area (Å²) in [6.45, 7) is 2.56. The molecule has 2 atom stereocenters. The van der Waals surface area contributed by atoms with Crippen LogP contribution in [0, 0.1) is 0 Å². The number of hydrogen-bond donors (Lipinski definition) is 5. The second kappa shape index (κ2) is 13.4. The van der Waals surface area contributed by atoms with Crippen LogP contribution >= 0.6 is 11.6 Å². The Morgan fingerprint density at radius 1 is 1.11 bits per heavy atom. The van der Waals surface area contributed by atoms with Gasteiger partial charge in [0.05, 0.1) is 25.8 Å². The van der Waals surface area contributed by atoms with E-state index >= 15 is 0 Å². The van der Waals surface area contributed by atoms with E-state index in [-0.39, 0.29) is 6.04 Å². The molecule has 0 aliphatic heterocycles. The normalized spacial score (nSPS) is 12.6. The molecule has 0 radical (unpaired) electrons. The van der Waals surface area contributed by atoms with Crippen molar-refractivity contribution in [2.24, 2.45) is 0 Å². The number of carboxylic acid groups (broad SMARTS) is 2. The molecule has 2 aromatic carbocycles. The van der Waals surface area contributed by atoms with Crippen LogP contribution in [0.15, 0.2) is 54.7 Å². The van der Waals surface area contributed by atoms with Crippen molar-refractivity contribution < 1.29 is 34.4 Å². The van der Waals surface area contributed by atoms with Crippen LogP contribution in [-0.4, -0.2) is 59.0 Å². The summed E-state index contributed by atoms with van der Waals surface area (Å²) in [5.74, 6) is -1.10. The number of halogens is 1. The second-order valence-corrected chi connectivity index (χ2v) is 8.07. The molecule has 0 aliphatic rings. The minimum atomic E-state index is -1.26. The first-order valence-corrected chi connectivity index (χ1v) is 11.1. The van der Waals surface area contributed by atoms with Crippen LogP contribution in [0.5, 0.6) is 11.5 Å². The maximum atomic E-state index is 10.4. The number of aliphatic carboxylic acids is 2. The minimum Gasteiger partial charge on any atom is -0.493 e. The molecule has 35 heavy (non-hydrogen) atoms. The summed E-state index contributed by atoms with van der Waals surface area (Å²) in [6, 6.07) is 11.5. The Balaban J connectivity index is 0.000000466. The topological polar surface area (TPSA) is 141 Å². The van der Waals surface area contributed by atoms with Crippen LogP contribution in [0.1, 0.15) is 24.2 Å². The van der Waals surface area contributed by atoms with Crippen molar-refractivity contribution in [3.05, 3.63) is 70.9 Å². The van der Waals surface area contributed by atoms with Crippen molar-refractivity contribution in [3.8, 4) is 11.5 Å². The summed E-state index contributed by atoms with van der Waals surface area (Å²) < 4.78 is 10.8. The molecule has 188 valence electrons. The molecule has 0 aliphatic carbocycles. The Morgan fingerprint density at radius 2 is 1.80 bits per heavy atom. The second-order valence-electron chi connectivity index (χ2n) is 7.63. The molecule has 5 N–H and O–H groups in total. The third-order valence-electron chi connectivity index (χ3n) is 5.07. The van der Waals surface area contributed by atoms with E-state index in [1.807, 2.05) is 30.5 Å². The van der Waals surface area contributed by atoms with E-state index in [1.54, 1.807) is 26.4 Å². The first-order chi connectivity index (χ1) is 16.7. The van der Waals surface area contributed by atoms with Gasteiger partial charge in [0.25, 0.3) is 0 Å². The Morgan fingerprint density at radius 3 is 2.37 bits per heavy atom. The standard InChI is InChI=1S/C21H25ClN2O3.C4H4O4/c1-13(23-12-18(25)14-5-4-6-16(22)10-14)9-15-11-24-20-17(15)7-8-19(26-2)21(20)27-3;5-3(6)1-2-4(7)8/h4-8,10-11,13,18,23-25H,9,12H2,1-3H3;1-2H,(H,5,6)(H,7,8)/b;2-1+. The highest BCUT2D eigenvalue weighted by atomic mass is 35.5. The number of aliphatic hydroxyl groups is 1. The van der Waals surface area contributed by atoms with Gasteiger partial charge in [-0.25, -0.2) is 9.59 Å². The molecule has 0 saturated carbocycles. The SMILES string of the molecule is COc1ccc2c(CC(C)NCC(O)c3cccc(Cl)c3)c[nH]c2c1OC.O=C(O)/C=C/C(=O)O. The Labute approximate surface area is 207 Å². The van der Waals surface area contributed by atoms with E-state index < -0.39 is 18.0 Å². The van der Waals surface area contributed by atoms with Gasteiger partial charge in [-0.15, -0.1) is 0 Å². The molecule has 1 heterocycles. The van der Waals surface area contributed by atoms with Crippen LogP contribution < -0.4 is 14.8 Å². The average molecular weight is 505 g/mol. The number of fused-ring (bicyclic) bond motifs is 1. The molecule has 0 bridgehead atoms. The fraction of sp³-hybridized carbons (Fsp3) is 0.280. The summed E-state index contributed by atoms with van der Waals surface area (Å²) in [6.07, 6.45) is 3.33. The van der Waals surface area contributed by atoms with Gasteiger partial charge in [-0.3, -0.25) is 0 Å². The van der Waals surface area contributed by atoms with Crippen LogP contribution in [0.2, 0.25) is 5.02 Å². The van der Waals surface area contributed by atoms with Gasteiger partial charge in [0.2, 0.25) is 0 Å². The number of H-pyrrole nitrogens is 1. The summed E-state index contributed by atoms with van der Waals surface area (Å²) in [4.78, 5) is 22.4. The summed E-state index contributed by atoms with van der Waals surface area (Å²) in [7, 11) is 3.27. The highest BCUT2D eigenvalue weighted by molar-refractivity contribution is 6.30. The summed E-state index contributed by atoms with van der Waals surface area (Å²) in [5, 5.41) is 31.1. The highest BCUT2D eigenvalue weighted by Gasteiger charge is 2.16. The number of rotatable bonds is 10. The Kier molecular flexibility index (Phi) is 10.6. The number of carbonyl (C=O) groups is 2. The Hall–Kier alpha value is -3.53. The van der Waals surface area contributed by atoms with Gasteiger partial charge in [0.1, 0.15) is 0 Å². The van der Waals surface area contributed by atoms with E-state index in [0.717, 1.165) is 22.9 Å². The average Bonchev–Trinajstić information content (AvgIpc) is 3.23. The molecule has 0 saturated heterocycles. The van der Waals surface area contributed by atoms with Gasteiger partial charge < -0.3 is 35.1 Å². The fourth-order valence-electron chi connectivity index (χ4n) is 3.43. The van der Waals surface area contributed by atoms with Crippen molar-refractivity contribution in [2.45, 2.75) is 25.5 Å². The maximum absolute atomic E-state index is 10.4. The van der Waals surface area contributed by atoms with Crippen molar-refractivity contribution in [2.75, 3.05) is 20.8 Å². The lowest BCUT2D eigenvalue weighted by Gasteiger charge is -2.17. The monoisotopic (exact) mass is 504 g/mol. The molecular weight excluding hydrogens is 476 g/mol. The van der Waals surface area contributed by atoms with Crippen LogP contribution in [-0.2, 0) is 16.0 Å². The van der Waals surface area contributed by atoms with Gasteiger partial charge in [0.15, 0.2) is 11.5 Å². The molecular formula is C25H29ClN2O7. The maximum Gasteiger partial charge on any atom is 0.328 e. The lowest BCUT2D eigenvalue weighted by atomic mass is 10.0. The number of aromatic nitrogens is 1. The number of hydrogen-bond acceptors (Lipinski definition) is 6. The lowest BCUT2D eigenvalue weighted by molar-refractivity contribution is -0.134. The zero-order valence-electron chi connectivity index (χ0n) is 19.6. The zero-order valence-corrected chi connectivity index (χ0v) is 20.4. The van der Waals surface area contributed by atoms with Gasteiger partial charge in [-0.05, 0) is 48.7 Å². The molecule has 9 nitrogen and oxygen atoms in total. The first-order valence-electron chi connectivity index (χ1n) is 10.7. The number of aliphatic hydroxyl groups excluding tert-OH is 1. The first kappa shape index (κ1) is 27.7. The minimum absolute atomic E-state index is 0.186. The molecule has 10 heteroatoms. The molecule has 3 rings (SSSR count).